The maximum Gasteiger partial charge on any atom is 0.260 e. The van der Waals surface area contributed by atoms with Crippen LogP contribution in [0.5, 0.6) is 0 Å². The number of nitrogens with zero attached hydrogens (tertiary/aromatic N) is 25. The van der Waals surface area contributed by atoms with Crippen molar-refractivity contribution in [1.29, 1.82) is 0 Å². The number of hydrogen-bond acceptors (Lipinski definition) is 18. The van der Waals surface area contributed by atoms with Gasteiger partial charge in [-0.25, -0.2) is 24.6 Å². The predicted octanol–water partition coefficient (Wildman–Crippen LogP) is 11.0. The lowest BCUT2D eigenvalue weighted by Crippen LogP contribution is -2.30. The molecule has 21 heterocycles. The van der Waals surface area contributed by atoms with Crippen LogP contribution in [-0.4, -0.2) is 216 Å². The van der Waals surface area contributed by atoms with Gasteiger partial charge in [0.25, 0.3) is 5.82 Å². The number of aromatic amines is 4. The van der Waals surface area contributed by atoms with Crippen molar-refractivity contribution in [3.63, 3.8) is 0 Å². The molecule has 5 N–H and O–H groups in total. The Morgan fingerprint density at radius 2 is 0.779 bits per heavy atom. The molecule has 122 heavy (non-hydrogen) atoms. The largest absolute Gasteiger partial charge is 0.383 e. The van der Waals surface area contributed by atoms with Crippen LogP contribution >= 0.6 is 0 Å². The van der Waals surface area contributed by atoms with Crippen molar-refractivity contribution < 1.29 is 23.9 Å². The number of piperidine rings is 1. The van der Waals surface area contributed by atoms with E-state index in [1.54, 1.807) is 56.4 Å². The third kappa shape index (κ3) is 15.3. The quantitative estimate of drug-likeness (QED) is 0.102. The number of aromatic nitrogens is 24. The van der Waals surface area contributed by atoms with Gasteiger partial charge in [-0.1, -0.05) is 6.57 Å². The van der Waals surface area contributed by atoms with E-state index in [4.69, 9.17) is 26.5 Å². The maximum atomic E-state index is 12.9. The van der Waals surface area contributed by atoms with Crippen molar-refractivity contribution in [2.24, 2.45) is 14.1 Å². The molecule has 622 valence electrons. The molecule has 35 nitrogen and oxygen atoms in total. The van der Waals surface area contributed by atoms with Gasteiger partial charge in [-0.3, -0.25) is 52.0 Å². The number of H-pyrrole nitrogens is 4. The molecule has 0 aliphatic carbocycles. The fraction of sp³-hybridized carbons (Fsp3) is 0.345. The molecule has 0 unspecified atom stereocenters. The Morgan fingerprint density at radius 1 is 0.418 bits per heavy atom. The number of rotatable bonds is 4. The molecule has 21 rings (SSSR count). The number of pyridine rings is 4. The second kappa shape index (κ2) is 32.5. The van der Waals surface area contributed by atoms with E-state index in [-0.39, 0.29) is 23.6 Å². The Labute approximate surface area is 700 Å². The molecule has 0 aromatic carbocycles. The summed E-state index contributed by atoms with van der Waals surface area (Å²) in [6.07, 6.45) is 33.0. The highest BCUT2D eigenvalue weighted by atomic mass is 16.5. The summed E-state index contributed by atoms with van der Waals surface area (Å²) < 4.78 is 19.9. The second-order valence-electron chi connectivity index (χ2n) is 32.1. The van der Waals surface area contributed by atoms with Crippen molar-refractivity contribution in [1.82, 2.24) is 143 Å². The lowest BCUT2D eigenvalue weighted by molar-refractivity contribution is -0.131. The molecular formula is C87H94N30O5. The smallest absolute Gasteiger partial charge is 0.260 e. The zero-order chi connectivity index (χ0) is 84.5. The number of ether oxygens (including phenoxy) is 1. The van der Waals surface area contributed by atoms with Crippen LogP contribution in [0.2, 0.25) is 0 Å². The first-order valence-electron chi connectivity index (χ1n) is 40.9. The van der Waals surface area contributed by atoms with Crippen LogP contribution < -0.4 is 5.32 Å². The Kier molecular flexibility index (Phi) is 21.0. The van der Waals surface area contributed by atoms with E-state index >= 15 is 0 Å². The summed E-state index contributed by atoms with van der Waals surface area (Å²) in [6.45, 7) is 22.6. The van der Waals surface area contributed by atoms with E-state index in [1.165, 1.54) is 0 Å². The second-order valence-corrected chi connectivity index (χ2v) is 32.1. The molecule has 4 amide bonds. The molecule has 5 aliphatic rings. The van der Waals surface area contributed by atoms with E-state index in [2.05, 4.69) is 105 Å². The molecular weight excluding hydrogens is 1550 g/mol. The minimum absolute atomic E-state index is 0.00126. The number of amides is 4. The Hall–Kier alpha value is -14.3. The summed E-state index contributed by atoms with van der Waals surface area (Å²) in [6, 6.07) is 8.87. The van der Waals surface area contributed by atoms with Crippen molar-refractivity contribution in [3.8, 4) is 89.0 Å². The van der Waals surface area contributed by atoms with E-state index in [0.717, 1.165) is 199 Å². The predicted molar refractivity (Wildman–Crippen MR) is 459 cm³/mol. The average molecular weight is 1640 g/mol. The summed E-state index contributed by atoms with van der Waals surface area (Å²) in [5.74, 6) is 0.637. The third-order valence-corrected chi connectivity index (χ3v) is 23.7. The van der Waals surface area contributed by atoms with Crippen LogP contribution in [0.1, 0.15) is 90.1 Å². The van der Waals surface area contributed by atoms with Gasteiger partial charge in [0.1, 0.15) is 28.3 Å². The van der Waals surface area contributed by atoms with Crippen molar-refractivity contribution in [3.05, 3.63) is 174 Å². The summed E-state index contributed by atoms with van der Waals surface area (Å²) in [4.78, 5) is 93.3. The van der Waals surface area contributed by atoms with Crippen molar-refractivity contribution in [2.45, 2.75) is 131 Å². The lowest BCUT2D eigenvalue weighted by Gasteiger charge is -2.23. The zero-order valence-corrected chi connectivity index (χ0v) is 70.0. The lowest BCUT2D eigenvalue weighted by atomic mass is 10.0. The standard InChI is InChI=1S/C24H28N8O.C22H25N7O2.C21H20N8O.C20H21N7O/c1-15-20-12-31(28-15)8-5-23(33)30(2)14-22-21(13-32(29-22)17-3-6-25-7-4-17)16-9-18-19(20)11-27-24(18)26-10-16;1-14-18-11-28(25-14)5-4-21(30)27(2)13-20-19(12-29(26-20)6-7-31-3)15-8-16-17(18)10-24-22(16)23-9-15;1-12-16-10-29(25-12)6-5-18(30)27(3)11-17-19(21(22-2)28(4)26-17)13-7-14-15(16)9-24-20(14)23-8-13;1-12-16-10-27(23-12)5-4-19(28)25(2)11-18-17(9-26(3)24-18)13-6-14-15(16)8-22-20(14)21-7-13/h9-13,17,25H,3-8,14H2,1-2H3,(H,26,27);8-12H,4-7,13H2,1-3H3,(H,23,24);7-10H,5-6,11H2,1,3-4H3,(H,23,24);6-10H,4-5,11H2,1-3H3,(H,21,22). The van der Waals surface area contributed by atoms with Crippen molar-refractivity contribution >= 4 is 73.6 Å². The van der Waals surface area contributed by atoms with Gasteiger partial charge in [0.15, 0.2) is 0 Å². The number of nitrogens with one attached hydrogen (secondary N) is 5. The fourth-order valence-corrected chi connectivity index (χ4v) is 17.1. The van der Waals surface area contributed by atoms with E-state index < -0.39 is 0 Å². The molecule has 0 atom stereocenters. The summed E-state index contributed by atoms with van der Waals surface area (Å²) >= 11 is 0. The molecule has 5 aliphatic heterocycles. The van der Waals surface area contributed by atoms with Gasteiger partial charge < -0.3 is 54.4 Å². The molecule has 0 radical (unpaired) electrons. The first-order chi connectivity index (χ1) is 59.0. The first-order valence-corrected chi connectivity index (χ1v) is 40.9. The molecule has 16 aromatic rings. The Bertz CT molecular complexity index is 6770. The monoisotopic (exact) mass is 1640 g/mol. The normalized spacial score (nSPS) is 15.2. The van der Waals surface area contributed by atoms with Gasteiger partial charge in [-0.2, -0.15) is 35.7 Å². The maximum absolute atomic E-state index is 12.9. The molecule has 0 spiro atoms. The number of aryl methyl sites for hydroxylation is 10. The molecule has 0 saturated carbocycles. The highest BCUT2D eigenvalue weighted by Gasteiger charge is 2.30. The Balaban J connectivity index is 0.000000111. The van der Waals surface area contributed by atoms with Crippen LogP contribution in [-0.2, 0) is 96.9 Å². The summed E-state index contributed by atoms with van der Waals surface area (Å²) in [7, 11) is 12.6. The average Bonchev–Trinajstić information content (AvgIpc) is 1.63. The van der Waals surface area contributed by atoms with E-state index in [0.29, 0.717) is 109 Å². The number of fused-ring (bicyclic) bond motifs is 24. The van der Waals surface area contributed by atoms with Gasteiger partial charge in [0, 0.05) is 292 Å². The molecule has 35 heteroatoms. The van der Waals surface area contributed by atoms with Gasteiger partial charge in [0.05, 0.1) is 92.3 Å². The minimum Gasteiger partial charge on any atom is -0.383 e. The van der Waals surface area contributed by atoms with Crippen LogP contribution in [0.3, 0.4) is 0 Å². The SMILES string of the molecule is COCCn1cc2c(n1)CN(C)C(=O)CCn1cc(c(C)n1)-c1c[nH]c3ncc-2cc13.Cc1nn2cc1-c1c[nH]c3ncc(cc13)-c1cn(C)nc1CN(C)C(=O)CC2.Cc1nn2cc1-c1c[nH]c3ncc(cc13)-c1cn(C3CCNCC3)nc1CN(C)C(=O)CC2.[C-]#[N+]c1c2c(nn1C)CN(C)C(=O)CCn1cc(c(C)n1)-c1c[nH]c3ncc-2cc13. The van der Waals surface area contributed by atoms with Gasteiger partial charge >= 0.3 is 0 Å². The molecule has 1 saturated heterocycles. The van der Waals surface area contributed by atoms with Crippen LogP contribution in [0.15, 0.2) is 117 Å². The zero-order valence-electron chi connectivity index (χ0n) is 70.0. The van der Waals surface area contributed by atoms with Crippen LogP contribution in [0.4, 0.5) is 5.82 Å². The summed E-state index contributed by atoms with van der Waals surface area (Å²) in [5, 5.41) is 44.9. The number of carbonyl (C=O) groups is 4. The van der Waals surface area contributed by atoms with E-state index in [9.17, 15) is 19.2 Å². The number of hydrogen-bond donors (Lipinski definition) is 5. The third-order valence-electron chi connectivity index (χ3n) is 23.7. The highest BCUT2D eigenvalue weighted by Crippen LogP contribution is 2.42. The topological polar surface area (TPSA) is 364 Å². The molecule has 16 bridgehead atoms. The minimum atomic E-state index is -0.00126. The van der Waals surface area contributed by atoms with E-state index in [1.807, 2.05) is 166 Å². The highest BCUT2D eigenvalue weighted by molar-refractivity contribution is 6.00. The van der Waals surface area contributed by atoms with Crippen LogP contribution in [0, 0.1) is 34.3 Å². The molecule has 16 aromatic heterocycles. The van der Waals surface area contributed by atoms with Crippen molar-refractivity contribution in [2.75, 3.05) is 55.0 Å². The van der Waals surface area contributed by atoms with Crippen LogP contribution in [0.25, 0.3) is 138 Å². The van der Waals surface area contributed by atoms with Gasteiger partial charge in [0.2, 0.25) is 23.6 Å². The molecule has 1 fully saturated rings. The van der Waals surface area contributed by atoms with Gasteiger partial charge in [-0.15, -0.1) is 5.10 Å². The summed E-state index contributed by atoms with van der Waals surface area (Å²) in [5.41, 5.74) is 26.2. The first kappa shape index (κ1) is 78.9. The Morgan fingerprint density at radius 3 is 1.18 bits per heavy atom. The number of carbonyl (C=O) groups excluding carboxylic acids is 4. The van der Waals surface area contributed by atoms with Gasteiger partial charge in [-0.05, 0) is 83.5 Å². The fourth-order valence-electron chi connectivity index (χ4n) is 17.1. The number of methoxy groups -OCH3 is 1.